The molecule has 0 aliphatic heterocycles. The third kappa shape index (κ3) is 4.35. The molecular formula is C23H28N4O4S. The van der Waals surface area contributed by atoms with Crippen molar-refractivity contribution in [2.75, 3.05) is 33.6 Å². The lowest BCUT2D eigenvalue weighted by Gasteiger charge is -2.17. The minimum absolute atomic E-state index is 0.129. The van der Waals surface area contributed by atoms with Crippen molar-refractivity contribution in [3.63, 3.8) is 0 Å². The molecule has 3 aromatic rings. The average Bonchev–Trinajstić information content (AvgIpc) is 3.14. The molecule has 4 rings (SSSR count). The zero-order chi connectivity index (χ0) is 22.8. The van der Waals surface area contributed by atoms with Crippen LogP contribution in [0, 0.1) is 0 Å². The van der Waals surface area contributed by atoms with Crippen molar-refractivity contribution in [1.29, 1.82) is 0 Å². The van der Waals surface area contributed by atoms with Crippen LogP contribution in [0.25, 0.3) is 10.2 Å². The molecule has 8 nitrogen and oxygen atoms in total. The van der Waals surface area contributed by atoms with Crippen LogP contribution >= 0.6 is 11.3 Å². The summed E-state index contributed by atoms with van der Waals surface area (Å²) in [5, 5.41) is 3.53. The lowest BCUT2D eigenvalue weighted by atomic mass is 9.97. The molecule has 0 saturated carbocycles. The van der Waals surface area contributed by atoms with Crippen LogP contribution < -0.4 is 20.3 Å². The number of nitrogens with zero attached hydrogens (tertiary/aromatic N) is 3. The van der Waals surface area contributed by atoms with Crippen LogP contribution in [0.1, 0.15) is 29.1 Å². The van der Waals surface area contributed by atoms with Crippen molar-refractivity contribution in [2.24, 2.45) is 0 Å². The molecule has 0 bridgehead atoms. The highest BCUT2D eigenvalue weighted by molar-refractivity contribution is 7.18. The summed E-state index contributed by atoms with van der Waals surface area (Å²) >= 11 is 1.62. The zero-order valence-corrected chi connectivity index (χ0v) is 19.7. The van der Waals surface area contributed by atoms with Gasteiger partial charge in [-0.05, 0) is 57.5 Å². The number of rotatable bonds is 7. The molecule has 1 aliphatic rings. The number of benzene rings is 1. The minimum Gasteiger partial charge on any atom is -0.497 e. The molecule has 170 valence electrons. The Balaban J connectivity index is 1.72. The Morgan fingerprint density at radius 3 is 2.72 bits per heavy atom. The SMILES string of the molecule is COc1ccc(OC)c(NC(=O)Cn2c(CN(C)C)nc3sc4c(c3c2=O)CCCC4)c1. The van der Waals surface area contributed by atoms with E-state index in [1.165, 1.54) is 16.6 Å². The summed E-state index contributed by atoms with van der Waals surface area (Å²) in [5.74, 6) is 1.36. The predicted octanol–water partition coefficient (Wildman–Crippen LogP) is 3.05. The van der Waals surface area contributed by atoms with Gasteiger partial charge in [-0.15, -0.1) is 11.3 Å². The number of aromatic nitrogens is 2. The van der Waals surface area contributed by atoms with Gasteiger partial charge in [0, 0.05) is 10.9 Å². The van der Waals surface area contributed by atoms with E-state index in [0.29, 0.717) is 34.9 Å². The first kappa shape index (κ1) is 22.3. The van der Waals surface area contributed by atoms with E-state index < -0.39 is 0 Å². The van der Waals surface area contributed by atoms with E-state index in [1.54, 1.807) is 36.6 Å². The maximum absolute atomic E-state index is 13.6. The fourth-order valence-electron chi connectivity index (χ4n) is 4.09. The van der Waals surface area contributed by atoms with Crippen LogP contribution in [0.2, 0.25) is 0 Å². The van der Waals surface area contributed by atoms with E-state index in [-0.39, 0.29) is 18.0 Å². The third-order valence-electron chi connectivity index (χ3n) is 5.59. The number of fused-ring (bicyclic) bond motifs is 3. The maximum Gasteiger partial charge on any atom is 0.263 e. The summed E-state index contributed by atoms with van der Waals surface area (Å²) in [7, 11) is 6.93. The average molecular weight is 457 g/mol. The first-order valence-electron chi connectivity index (χ1n) is 10.6. The van der Waals surface area contributed by atoms with Crippen molar-refractivity contribution >= 4 is 33.1 Å². The highest BCUT2D eigenvalue weighted by Crippen LogP contribution is 2.34. The second-order valence-corrected chi connectivity index (χ2v) is 9.25. The van der Waals surface area contributed by atoms with Gasteiger partial charge >= 0.3 is 0 Å². The van der Waals surface area contributed by atoms with Crippen LogP contribution in [0.4, 0.5) is 5.69 Å². The summed E-state index contributed by atoms with van der Waals surface area (Å²) in [5.41, 5.74) is 1.47. The fraction of sp³-hybridized carbons (Fsp3) is 0.435. The molecule has 32 heavy (non-hydrogen) atoms. The number of hydrogen-bond acceptors (Lipinski definition) is 7. The molecule has 2 heterocycles. The topological polar surface area (TPSA) is 85.7 Å². The van der Waals surface area contributed by atoms with Crippen molar-refractivity contribution in [2.45, 2.75) is 38.8 Å². The van der Waals surface area contributed by atoms with Crippen molar-refractivity contribution in [3.8, 4) is 11.5 Å². The van der Waals surface area contributed by atoms with E-state index in [9.17, 15) is 9.59 Å². The summed E-state index contributed by atoms with van der Waals surface area (Å²) in [4.78, 5) is 35.4. The van der Waals surface area contributed by atoms with Gasteiger partial charge in [-0.1, -0.05) is 0 Å². The van der Waals surface area contributed by atoms with E-state index in [1.807, 2.05) is 19.0 Å². The predicted molar refractivity (Wildman–Crippen MR) is 126 cm³/mol. The Bertz CT molecular complexity index is 1210. The molecular weight excluding hydrogens is 428 g/mol. The van der Waals surface area contributed by atoms with Gasteiger partial charge in [0.05, 0.1) is 31.8 Å². The summed E-state index contributed by atoms with van der Waals surface area (Å²) in [6, 6.07) is 5.17. The monoisotopic (exact) mass is 456 g/mol. The maximum atomic E-state index is 13.6. The molecule has 1 aromatic carbocycles. The first-order valence-corrected chi connectivity index (χ1v) is 11.4. The molecule has 1 amide bonds. The molecule has 2 aromatic heterocycles. The molecule has 1 aliphatic carbocycles. The first-order chi connectivity index (χ1) is 15.4. The number of carbonyl (C=O) groups excluding carboxylic acids is 1. The van der Waals surface area contributed by atoms with Crippen LogP contribution in [-0.2, 0) is 30.7 Å². The highest BCUT2D eigenvalue weighted by Gasteiger charge is 2.23. The molecule has 0 saturated heterocycles. The molecule has 9 heteroatoms. The third-order valence-corrected chi connectivity index (χ3v) is 6.78. The van der Waals surface area contributed by atoms with E-state index in [0.717, 1.165) is 36.1 Å². The number of amides is 1. The smallest absolute Gasteiger partial charge is 0.263 e. The van der Waals surface area contributed by atoms with E-state index in [4.69, 9.17) is 14.5 Å². The molecule has 0 atom stereocenters. The Morgan fingerprint density at radius 2 is 2.00 bits per heavy atom. The molecule has 0 radical (unpaired) electrons. The Morgan fingerprint density at radius 1 is 1.22 bits per heavy atom. The molecule has 0 spiro atoms. The van der Waals surface area contributed by atoms with Crippen LogP contribution in [0.5, 0.6) is 11.5 Å². The second kappa shape index (κ2) is 9.30. The van der Waals surface area contributed by atoms with Crippen molar-refractivity contribution in [3.05, 3.63) is 44.8 Å². The Labute approximate surface area is 190 Å². The standard InChI is InChI=1S/C23H28N4O4S/c1-26(2)12-19-25-22-21(15-7-5-6-8-18(15)32-22)23(29)27(19)13-20(28)24-16-11-14(30-3)9-10-17(16)31-4/h9-11H,5-8,12-13H2,1-4H3,(H,24,28). The van der Waals surface area contributed by atoms with Crippen molar-refractivity contribution < 1.29 is 14.3 Å². The van der Waals surface area contributed by atoms with Gasteiger partial charge in [0.15, 0.2) is 0 Å². The highest BCUT2D eigenvalue weighted by atomic mass is 32.1. The minimum atomic E-state index is -0.330. The van der Waals surface area contributed by atoms with Crippen LogP contribution in [0.15, 0.2) is 23.0 Å². The number of anilines is 1. The number of nitrogens with one attached hydrogen (secondary N) is 1. The molecule has 1 N–H and O–H groups in total. The van der Waals surface area contributed by atoms with Gasteiger partial charge in [0.2, 0.25) is 5.91 Å². The summed E-state index contributed by atoms with van der Waals surface area (Å²) in [6.07, 6.45) is 4.11. The van der Waals surface area contributed by atoms with Gasteiger partial charge in [-0.3, -0.25) is 14.2 Å². The lowest BCUT2D eigenvalue weighted by Crippen LogP contribution is -2.33. The van der Waals surface area contributed by atoms with Gasteiger partial charge < -0.3 is 19.7 Å². The Hall–Kier alpha value is -2.91. The van der Waals surface area contributed by atoms with Crippen molar-refractivity contribution in [1.82, 2.24) is 14.5 Å². The molecule has 0 unspecified atom stereocenters. The number of methoxy groups -OCH3 is 2. The number of aryl methyl sites for hydroxylation is 2. The van der Waals surface area contributed by atoms with Gasteiger partial charge in [-0.2, -0.15) is 0 Å². The number of thiophene rings is 1. The zero-order valence-electron chi connectivity index (χ0n) is 18.9. The Kier molecular flexibility index (Phi) is 6.48. The van der Waals surface area contributed by atoms with Gasteiger partial charge in [-0.25, -0.2) is 4.98 Å². The van der Waals surface area contributed by atoms with Crippen LogP contribution in [0.3, 0.4) is 0 Å². The van der Waals surface area contributed by atoms with E-state index in [2.05, 4.69) is 5.32 Å². The summed E-state index contributed by atoms with van der Waals surface area (Å²) < 4.78 is 12.1. The largest absolute Gasteiger partial charge is 0.497 e. The summed E-state index contributed by atoms with van der Waals surface area (Å²) in [6.45, 7) is 0.333. The second-order valence-electron chi connectivity index (χ2n) is 8.16. The number of hydrogen-bond donors (Lipinski definition) is 1. The number of carbonyl (C=O) groups is 1. The van der Waals surface area contributed by atoms with Gasteiger partial charge in [0.1, 0.15) is 28.7 Å². The normalized spacial score (nSPS) is 13.3. The van der Waals surface area contributed by atoms with Crippen LogP contribution in [-0.4, -0.2) is 48.7 Å². The van der Waals surface area contributed by atoms with Gasteiger partial charge in [0.25, 0.3) is 5.56 Å². The lowest BCUT2D eigenvalue weighted by molar-refractivity contribution is -0.116. The molecule has 0 fully saturated rings. The fourth-order valence-corrected chi connectivity index (χ4v) is 5.36. The quantitative estimate of drug-likeness (QED) is 0.588. The van der Waals surface area contributed by atoms with E-state index >= 15 is 0 Å². The number of ether oxygens (including phenoxy) is 2.